The van der Waals surface area contributed by atoms with E-state index >= 15 is 0 Å². The Hall–Kier alpha value is -2.82. The van der Waals surface area contributed by atoms with E-state index in [1.807, 2.05) is 11.8 Å². The van der Waals surface area contributed by atoms with Crippen molar-refractivity contribution >= 4 is 23.1 Å². The minimum atomic E-state index is -1.35. The molecule has 4 rings (SSSR count). The molecule has 2 bridgehead atoms. The molecule has 158 valence electrons. The van der Waals surface area contributed by atoms with Crippen molar-refractivity contribution in [1.29, 1.82) is 0 Å². The summed E-state index contributed by atoms with van der Waals surface area (Å²) in [5.74, 6) is -0.502. The van der Waals surface area contributed by atoms with Crippen LogP contribution in [-0.4, -0.2) is 30.4 Å². The molecule has 2 aliphatic rings. The molecule has 5 heteroatoms. The molecule has 2 aliphatic heterocycles. The molecule has 0 aromatic heterocycles. The van der Waals surface area contributed by atoms with Crippen LogP contribution in [-0.2, 0) is 27.4 Å². The average molecular weight is 407 g/mol. The van der Waals surface area contributed by atoms with E-state index in [1.165, 1.54) is 11.1 Å². The van der Waals surface area contributed by atoms with Gasteiger partial charge in [0.1, 0.15) is 0 Å². The Balaban J connectivity index is 1.99. The van der Waals surface area contributed by atoms with Crippen molar-refractivity contribution in [3.05, 3.63) is 58.7 Å². The van der Waals surface area contributed by atoms with E-state index in [0.717, 1.165) is 22.5 Å². The van der Waals surface area contributed by atoms with Crippen LogP contribution in [0.15, 0.2) is 36.4 Å². The summed E-state index contributed by atoms with van der Waals surface area (Å²) in [5, 5.41) is 0. The van der Waals surface area contributed by atoms with Crippen LogP contribution in [0.5, 0.6) is 0 Å². The maximum Gasteiger partial charge on any atom is 0.341 e. The largest absolute Gasteiger partial charge is 0.464 e. The summed E-state index contributed by atoms with van der Waals surface area (Å²) in [5.41, 5.74) is 5.30. The smallest absolute Gasteiger partial charge is 0.341 e. The SMILES string of the molecule is CCCC(=O)[C@]1(C(=O)OCC)CN2Cc3cc(C)ccc3N1Cc1cc(C)ccc12. The standard InChI is InChI=1S/C25H30N2O3/c1-5-7-23(28)25(24(29)30-6-2)16-26-14-19-12-18(4)9-11-22(19)27(25)15-20-13-17(3)8-10-21(20)26/h8-13H,5-7,14-16H2,1-4H3/t25-/m0/s1. The fourth-order valence-electron chi connectivity index (χ4n) is 4.85. The van der Waals surface area contributed by atoms with Crippen molar-refractivity contribution in [2.45, 2.75) is 59.2 Å². The second-order valence-corrected chi connectivity index (χ2v) is 8.46. The van der Waals surface area contributed by atoms with E-state index < -0.39 is 11.5 Å². The fourth-order valence-corrected chi connectivity index (χ4v) is 4.85. The summed E-state index contributed by atoms with van der Waals surface area (Å²) in [6.45, 7) is 9.62. The van der Waals surface area contributed by atoms with E-state index in [-0.39, 0.29) is 12.4 Å². The van der Waals surface area contributed by atoms with Crippen LogP contribution < -0.4 is 9.80 Å². The molecule has 0 saturated carbocycles. The summed E-state index contributed by atoms with van der Waals surface area (Å²) in [6.07, 6.45) is 1.04. The lowest BCUT2D eigenvalue weighted by Gasteiger charge is -2.40. The molecule has 1 atom stereocenters. The van der Waals surface area contributed by atoms with E-state index in [2.05, 4.69) is 55.1 Å². The highest BCUT2D eigenvalue weighted by Crippen LogP contribution is 2.43. The molecule has 0 amide bonds. The van der Waals surface area contributed by atoms with Gasteiger partial charge in [-0.1, -0.05) is 42.3 Å². The minimum Gasteiger partial charge on any atom is -0.464 e. The van der Waals surface area contributed by atoms with E-state index in [4.69, 9.17) is 4.74 Å². The molecule has 2 aromatic carbocycles. The van der Waals surface area contributed by atoms with E-state index in [1.54, 1.807) is 6.92 Å². The zero-order valence-corrected chi connectivity index (χ0v) is 18.3. The summed E-state index contributed by atoms with van der Waals surface area (Å²) in [4.78, 5) is 31.4. The van der Waals surface area contributed by atoms with E-state index in [0.29, 0.717) is 32.5 Å². The molecular weight excluding hydrogens is 376 g/mol. The van der Waals surface area contributed by atoms with Crippen LogP contribution in [0, 0.1) is 13.8 Å². The third-order valence-corrected chi connectivity index (χ3v) is 6.22. The topological polar surface area (TPSA) is 49.9 Å². The van der Waals surface area contributed by atoms with Crippen LogP contribution in [0.3, 0.4) is 0 Å². The van der Waals surface area contributed by atoms with E-state index in [9.17, 15) is 9.59 Å². The number of aryl methyl sites for hydroxylation is 2. The van der Waals surface area contributed by atoms with Gasteiger partial charge < -0.3 is 14.5 Å². The lowest BCUT2D eigenvalue weighted by molar-refractivity contribution is -0.153. The van der Waals surface area contributed by atoms with Crippen molar-refractivity contribution < 1.29 is 14.3 Å². The number of hydrogen-bond donors (Lipinski definition) is 0. The summed E-state index contributed by atoms with van der Waals surface area (Å²) in [7, 11) is 0. The van der Waals surface area contributed by atoms with Crippen molar-refractivity contribution in [3.8, 4) is 0 Å². The molecule has 0 saturated heterocycles. The predicted molar refractivity (Wildman–Crippen MR) is 119 cm³/mol. The zero-order valence-electron chi connectivity index (χ0n) is 18.3. The number of rotatable bonds is 5. The highest BCUT2D eigenvalue weighted by molar-refractivity contribution is 6.13. The van der Waals surface area contributed by atoms with Gasteiger partial charge in [0.15, 0.2) is 5.78 Å². The maximum absolute atomic E-state index is 13.7. The van der Waals surface area contributed by atoms with Crippen molar-refractivity contribution in [3.63, 3.8) is 0 Å². The Bertz CT molecular complexity index is 980. The number of carbonyl (C=O) groups excluding carboxylic acids is 2. The predicted octanol–water partition coefficient (Wildman–Crippen LogP) is 4.31. The number of nitrogens with zero attached hydrogens (tertiary/aromatic N) is 2. The van der Waals surface area contributed by atoms with Gasteiger partial charge in [0.25, 0.3) is 0 Å². The third-order valence-electron chi connectivity index (χ3n) is 6.22. The van der Waals surface area contributed by atoms with Gasteiger partial charge in [-0.15, -0.1) is 0 Å². The van der Waals surface area contributed by atoms with Crippen molar-refractivity contribution in [2.75, 3.05) is 23.0 Å². The Kier molecular flexibility index (Phi) is 5.31. The quantitative estimate of drug-likeness (QED) is 0.547. The minimum absolute atomic E-state index is 0.0635. The third kappa shape index (κ3) is 3.17. The normalized spacial score (nSPS) is 19.6. The molecular formula is C25H30N2O3. The molecule has 0 spiro atoms. The van der Waals surface area contributed by atoms with Gasteiger partial charge in [-0.05, 0) is 50.5 Å². The summed E-state index contributed by atoms with van der Waals surface area (Å²) in [6, 6.07) is 12.7. The summed E-state index contributed by atoms with van der Waals surface area (Å²) >= 11 is 0. The maximum atomic E-state index is 13.7. The molecule has 30 heavy (non-hydrogen) atoms. The van der Waals surface area contributed by atoms with Crippen molar-refractivity contribution in [1.82, 2.24) is 0 Å². The molecule has 2 heterocycles. The highest BCUT2D eigenvalue weighted by atomic mass is 16.5. The fraction of sp³-hybridized carbons (Fsp3) is 0.440. The van der Waals surface area contributed by atoms with Crippen molar-refractivity contribution in [2.24, 2.45) is 0 Å². The van der Waals surface area contributed by atoms with Crippen LogP contribution in [0.4, 0.5) is 11.4 Å². The van der Waals surface area contributed by atoms with Gasteiger partial charge in [-0.25, -0.2) is 4.79 Å². The first-order chi connectivity index (χ1) is 14.4. The Labute approximate surface area is 178 Å². The molecule has 2 aromatic rings. The van der Waals surface area contributed by atoms with Crippen LogP contribution >= 0.6 is 0 Å². The first kappa shape index (κ1) is 20.5. The van der Waals surface area contributed by atoms with Crippen LogP contribution in [0.2, 0.25) is 0 Å². The number of ketones is 1. The lowest BCUT2D eigenvalue weighted by Crippen LogP contribution is -2.64. The molecule has 0 unspecified atom stereocenters. The number of hydrogen-bond acceptors (Lipinski definition) is 5. The van der Waals surface area contributed by atoms with Gasteiger partial charge in [0.05, 0.1) is 13.2 Å². The highest BCUT2D eigenvalue weighted by Gasteiger charge is 2.55. The van der Waals surface area contributed by atoms with Crippen LogP contribution in [0.1, 0.15) is 48.9 Å². The van der Waals surface area contributed by atoms with Gasteiger partial charge in [0.2, 0.25) is 5.54 Å². The Morgan fingerprint density at radius 2 is 1.60 bits per heavy atom. The molecule has 0 radical (unpaired) electrons. The van der Waals surface area contributed by atoms with Gasteiger partial charge in [-0.2, -0.15) is 0 Å². The Morgan fingerprint density at radius 1 is 0.967 bits per heavy atom. The lowest BCUT2D eigenvalue weighted by atomic mass is 9.87. The second kappa shape index (κ2) is 7.78. The number of esters is 1. The molecule has 0 aliphatic carbocycles. The Morgan fingerprint density at radius 3 is 2.23 bits per heavy atom. The number of fused-ring (bicyclic) bond motifs is 7. The molecule has 0 fully saturated rings. The number of anilines is 2. The first-order valence-corrected chi connectivity index (χ1v) is 10.8. The van der Waals surface area contributed by atoms with Crippen LogP contribution in [0.25, 0.3) is 0 Å². The number of benzene rings is 2. The zero-order chi connectivity index (χ0) is 21.5. The monoisotopic (exact) mass is 406 g/mol. The number of ether oxygens (including phenoxy) is 1. The summed E-state index contributed by atoms with van der Waals surface area (Å²) < 4.78 is 5.55. The molecule has 0 N–H and O–H groups in total. The number of carbonyl (C=O) groups is 2. The first-order valence-electron chi connectivity index (χ1n) is 10.8. The van der Waals surface area contributed by atoms with Gasteiger partial charge in [-0.3, -0.25) is 4.79 Å². The second-order valence-electron chi connectivity index (χ2n) is 8.46. The average Bonchev–Trinajstić information content (AvgIpc) is 2.92. The van der Waals surface area contributed by atoms with Gasteiger partial charge >= 0.3 is 5.97 Å². The number of Topliss-reactive ketones (excluding diaryl/α,β-unsaturated/α-hetero) is 1. The molecule has 5 nitrogen and oxygen atoms in total. The van der Waals surface area contributed by atoms with Gasteiger partial charge in [0, 0.05) is 30.9 Å².